The maximum Gasteiger partial charge on any atom is 0.0593 e. The van der Waals surface area contributed by atoms with Gasteiger partial charge in [-0.3, -0.25) is 4.90 Å². The molecule has 0 aliphatic heterocycles. The summed E-state index contributed by atoms with van der Waals surface area (Å²) in [5.41, 5.74) is 6.15. The van der Waals surface area contributed by atoms with Crippen LogP contribution in [-0.2, 0) is 9.47 Å². The van der Waals surface area contributed by atoms with Crippen LogP contribution < -0.4 is 5.73 Å². The lowest BCUT2D eigenvalue weighted by atomic mass is 9.85. The Hall–Kier alpha value is -0.160. The van der Waals surface area contributed by atoms with E-state index < -0.39 is 0 Å². The zero-order valence-electron chi connectivity index (χ0n) is 12.9. The molecular weight excluding hydrogens is 228 g/mol. The molecule has 0 heterocycles. The predicted molar refractivity (Wildman–Crippen MR) is 76.9 cm³/mol. The number of nitrogens with two attached hydrogens (primary N) is 1. The van der Waals surface area contributed by atoms with E-state index in [2.05, 4.69) is 25.7 Å². The smallest absolute Gasteiger partial charge is 0.0593 e. The van der Waals surface area contributed by atoms with Crippen molar-refractivity contribution in [2.24, 2.45) is 11.1 Å². The Morgan fingerprint density at radius 3 is 1.83 bits per heavy atom. The van der Waals surface area contributed by atoms with Gasteiger partial charge in [-0.05, 0) is 26.2 Å². The first-order valence-corrected chi connectivity index (χ1v) is 7.07. The summed E-state index contributed by atoms with van der Waals surface area (Å²) in [6.45, 7) is 16.5. The van der Waals surface area contributed by atoms with Crippen LogP contribution in [0.3, 0.4) is 0 Å². The Kier molecular flexibility index (Phi) is 9.64. The van der Waals surface area contributed by atoms with E-state index in [1.54, 1.807) is 0 Å². The fraction of sp³-hybridized carbons (Fsp3) is 1.00. The Morgan fingerprint density at radius 2 is 1.50 bits per heavy atom. The highest BCUT2D eigenvalue weighted by atomic mass is 16.5. The molecule has 4 nitrogen and oxygen atoms in total. The third-order valence-corrected chi connectivity index (χ3v) is 3.38. The van der Waals surface area contributed by atoms with E-state index in [-0.39, 0.29) is 11.5 Å². The van der Waals surface area contributed by atoms with E-state index in [4.69, 9.17) is 15.2 Å². The number of nitrogens with zero attached hydrogens (tertiary/aromatic N) is 1. The van der Waals surface area contributed by atoms with Gasteiger partial charge in [0.05, 0.1) is 13.2 Å². The minimum atomic E-state index is 0.110. The van der Waals surface area contributed by atoms with Gasteiger partial charge in [0.1, 0.15) is 0 Å². The summed E-state index contributed by atoms with van der Waals surface area (Å²) >= 11 is 0. The first-order valence-electron chi connectivity index (χ1n) is 7.07. The molecule has 0 aliphatic carbocycles. The lowest BCUT2D eigenvalue weighted by molar-refractivity contribution is 0.0611. The third kappa shape index (κ3) is 8.03. The molecule has 4 heteroatoms. The van der Waals surface area contributed by atoms with Crippen LogP contribution in [0.25, 0.3) is 0 Å². The minimum absolute atomic E-state index is 0.110. The zero-order chi connectivity index (χ0) is 14.0. The maximum atomic E-state index is 6.04. The Labute approximate surface area is 113 Å². The SMILES string of the molecule is CCOCCN(CCOCC)CC(C)(C)C(C)N. The van der Waals surface area contributed by atoms with E-state index in [0.29, 0.717) is 0 Å². The topological polar surface area (TPSA) is 47.7 Å². The largest absolute Gasteiger partial charge is 0.380 e. The summed E-state index contributed by atoms with van der Waals surface area (Å²) in [6, 6.07) is 0.180. The van der Waals surface area contributed by atoms with Gasteiger partial charge in [-0.25, -0.2) is 0 Å². The van der Waals surface area contributed by atoms with Crippen LogP contribution in [0.2, 0.25) is 0 Å². The summed E-state index contributed by atoms with van der Waals surface area (Å²) in [5.74, 6) is 0. The van der Waals surface area contributed by atoms with E-state index in [0.717, 1.165) is 46.1 Å². The second-order valence-corrected chi connectivity index (χ2v) is 5.45. The molecule has 18 heavy (non-hydrogen) atoms. The van der Waals surface area contributed by atoms with Crippen molar-refractivity contribution < 1.29 is 9.47 Å². The van der Waals surface area contributed by atoms with Crippen molar-refractivity contribution >= 4 is 0 Å². The molecule has 0 fully saturated rings. The molecule has 1 atom stereocenters. The Balaban J connectivity index is 4.18. The van der Waals surface area contributed by atoms with Crippen LogP contribution in [0.1, 0.15) is 34.6 Å². The highest BCUT2D eigenvalue weighted by Gasteiger charge is 2.25. The molecule has 0 saturated carbocycles. The molecule has 0 amide bonds. The van der Waals surface area contributed by atoms with Crippen LogP contribution in [0, 0.1) is 5.41 Å². The van der Waals surface area contributed by atoms with Gasteiger partial charge in [-0.2, -0.15) is 0 Å². The first kappa shape index (κ1) is 17.8. The van der Waals surface area contributed by atoms with Crippen molar-refractivity contribution in [3.8, 4) is 0 Å². The van der Waals surface area contributed by atoms with E-state index in [9.17, 15) is 0 Å². The molecule has 2 N–H and O–H groups in total. The summed E-state index contributed by atoms with van der Waals surface area (Å²) in [4.78, 5) is 2.38. The van der Waals surface area contributed by atoms with Crippen LogP contribution in [-0.4, -0.2) is 57.0 Å². The predicted octanol–water partition coefficient (Wildman–Crippen LogP) is 1.73. The van der Waals surface area contributed by atoms with Crippen LogP contribution in [0.15, 0.2) is 0 Å². The molecule has 0 aromatic rings. The highest BCUT2D eigenvalue weighted by molar-refractivity contribution is 4.81. The zero-order valence-corrected chi connectivity index (χ0v) is 12.9. The van der Waals surface area contributed by atoms with Crippen molar-refractivity contribution in [1.82, 2.24) is 4.90 Å². The third-order valence-electron chi connectivity index (χ3n) is 3.38. The molecule has 0 saturated heterocycles. The number of ether oxygens (including phenoxy) is 2. The summed E-state index contributed by atoms with van der Waals surface area (Å²) in [7, 11) is 0. The summed E-state index contributed by atoms with van der Waals surface area (Å²) in [6.07, 6.45) is 0. The number of hydrogen-bond acceptors (Lipinski definition) is 4. The van der Waals surface area contributed by atoms with Crippen molar-refractivity contribution in [2.75, 3.05) is 46.1 Å². The van der Waals surface area contributed by atoms with E-state index in [1.165, 1.54) is 0 Å². The normalized spacial score (nSPS) is 14.2. The standard InChI is InChI=1S/C14H32N2O2/c1-6-17-10-8-16(9-11-18-7-2)12-14(4,5)13(3)15/h13H,6-12,15H2,1-5H3. The molecule has 0 aromatic carbocycles. The fourth-order valence-corrected chi connectivity index (χ4v) is 1.67. The van der Waals surface area contributed by atoms with Crippen molar-refractivity contribution in [3.05, 3.63) is 0 Å². The van der Waals surface area contributed by atoms with Crippen molar-refractivity contribution in [2.45, 2.75) is 40.7 Å². The molecule has 0 aliphatic rings. The van der Waals surface area contributed by atoms with Crippen LogP contribution in [0.4, 0.5) is 0 Å². The average Bonchev–Trinajstić information content (AvgIpc) is 2.28. The number of rotatable bonds is 11. The van der Waals surface area contributed by atoms with Gasteiger partial charge in [0.15, 0.2) is 0 Å². The van der Waals surface area contributed by atoms with Gasteiger partial charge in [0.2, 0.25) is 0 Å². The Bertz CT molecular complexity index is 186. The molecule has 0 radical (unpaired) electrons. The van der Waals surface area contributed by atoms with Crippen molar-refractivity contribution in [3.63, 3.8) is 0 Å². The maximum absolute atomic E-state index is 6.04. The van der Waals surface area contributed by atoms with Gasteiger partial charge in [-0.1, -0.05) is 13.8 Å². The highest BCUT2D eigenvalue weighted by Crippen LogP contribution is 2.20. The summed E-state index contributed by atoms with van der Waals surface area (Å²) < 4.78 is 10.9. The fourth-order valence-electron chi connectivity index (χ4n) is 1.67. The van der Waals surface area contributed by atoms with E-state index >= 15 is 0 Å². The molecule has 0 aromatic heterocycles. The van der Waals surface area contributed by atoms with Gasteiger partial charge < -0.3 is 15.2 Å². The van der Waals surface area contributed by atoms with Crippen LogP contribution >= 0.6 is 0 Å². The molecule has 0 rings (SSSR count). The second kappa shape index (κ2) is 9.73. The summed E-state index contributed by atoms with van der Waals surface area (Å²) in [5, 5.41) is 0. The van der Waals surface area contributed by atoms with Gasteiger partial charge >= 0.3 is 0 Å². The lowest BCUT2D eigenvalue weighted by Gasteiger charge is -2.35. The molecule has 110 valence electrons. The Morgan fingerprint density at radius 1 is 1.06 bits per heavy atom. The number of hydrogen-bond donors (Lipinski definition) is 1. The molecular formula is C14H32N2O2. The van der Waals surface area contributed by atoms with E-state index in [1.807, 2.05) is 13.8 Å². The monoisotopic (exact) mass is 260 g/mol. The molecule has 1 unspecified atom stereocenters. The van der Waals surface area contributed by atoms with Gasteiger partial charge in [0.25, 0.3) is 0 Å². The first-order chi connectivity index (χ1) is 8.44. The van der Waals surface area contributed by atoms with Crippen molar-refractivity contribution in [1.29, 1.82) is 0 Å². The van der Waals surface area contributed by atoms with Crippen LogP contribution in [0.5, 0.6) is 0 Å². The second-order valence-electron chi connectivity index (χ2n) is 5.45. The quantitative estimate of drug-likeness (QED) is 0.575. The minimum Gasteiger partial charge on any atom is -0.380 e. The molecule has 0 spiro atoms. The molecule has 0 bridgehead atoms. The average molecular weight is 260 g/mol. The van der Waals surface area contributed by atoms with Gasteiger partial charge in [0, 0.05) is 38.9 Å². The van der Waals surface area contributed by atoms with Gasteiger partial charge in [-0.15, -0.1) is 0 Å². The lowest BCUT2D eigenvalue weighted by Crippen LogP contribution is -2.46.